The average molecular weight is 185 g/mol. The molecule has 0 aliphatic carbocycles. The van der Waals surface area contributed by atoms with Gasteiger partial charge in [0.2, 0.25) is 0 Å². The van der Waals surface area contributed by atoms with E-state index < -0.39 is 11.7 Å². The normalized spacial score (nSPS) is 39.5. The third kappa shape index (κ3) is 2.23. The molecule has 3 heteroatoms. The molecule has 1 rings (SSSR count). The molecular formula is C10H19NO2. The van der Waals surface area contributed by atoms with Crippen molar-refractivity contribution in [2.24, 2.45) is 11.1 Å². The molecule has 1 heterocycles. The van der Waals surface area contributed by atoms with Crippen molar-refractivity contribution < 1.29 is 9.84 Å². The van der Waals surface area contributed by atoms with E-state index in [1.807, 2.05) is 6.92 Å². The zero-order valence-electron chi connectivity index (χ0n) is 8.58. The molecule has 0 aromatic heterocycles. The van der Waals surface area contributed by atoms with Gasteiger partial charge in [-0.1, -0.05) is 13.8 Å². The Balaban J connectivity index is 2.73. The zero-order valence-corrected chi connectivity index (χ0v) is 8.58. The Morgan fingerprint density at radius 3 is 2.54 bits per heavy atom. The van der Waals surface area contributed by atoms with Crippen LogP contribution in [0.1, 0.15) is 27.2 Å². The molecular weight excluding hydrogens is 166 g/mol. The molecule has 1 aliphatic heterocycles. The highest BCUT2D eigenvalue weighted by atomic mass is 16.5. The predicted octanol–water partition coefficient (Wildman–Crippen LogP) is 1.02. The van der Waals surface area contributed by atoms with Gasteiger partial charge in [-0.15, -0.1) is 0 Å². The lowest BCUT2D eigenvalue weighted by Crippen LogP contribution is -2.50. The minimum absolute atomic E-state index is 0.0569. The van der Waals surface area contributed by atoms with Crippen molar-refractivity contribution >= 4 is 0 Å². The lowest BCUT2D eigenvalue weighted by Gasteiger charge is -2.43. The monoisotopic (exact) mass is 185 g/mol. The average Bonchev–Trinajstić information content (AvgIpc) is 1.99. The van der Waals surface area contributed by atoms with Gasteiger partial charge in [0, 0.05) is 0 Å². The van der Waals surface area contributed by atoms with Gasteiger partial charge in [0.15, 0.2) is 0 Å². The second-order valence-electron chi connectivity index (χ2n) is 4.72. The Morgan fingerprint density at radius 1 is 1.46 bits per heavy atom. The largest absolute Gasteiger partial charge is 0.405 e. The molecule has 0 bridgehead atoms. The standard InChI is InChI=1S/C10H19NO2/c1-9(2)6-8(12)10(3,4-5-11)13-7-9/h4-5,8,12H,6-7,11H2,1-3H3/b5-4+. The Morgan fingerprint density at radius 2 is 2.08 bits per heavy atom. The Bertz CT molecular complexity index is 213. The Kier molecular flexibility index (Phi) is 2.68. The van der Waals surface area contributed by atoms with Gasteiger partial charge in [0.05, 0.1) is 12.7 Å². The van der Waals surface area contributed by atoms with Crippen molar-refractivity contribution in [1.29, 1.82) is 0 Å². The second kappa shape index (κ2) is 3.31. The summed E-state index contributed by atoms with van der Waals surface area (Å²) in [4.78, 5) is 0. The number of rotatable bonds is 1. The SMILES string of the molecule is CC1(C)COC(C)(/C=C/N)C(O)C1. The second-order valence-corrected chi connectivity index (χ2v) is 4.72. The van der Waals surface area contributed by atoms with Crippen LogP contribution in [0.3, 0.4) is 0 Å². The molecule has 0 saturated carbocycles. The molecule has 0 spiro atoms. The first-order chi connectivity index (χ1) is 5.90. The molecule has 76 valence electrons. The van der Waals surface area contributed by atoms with E-state index in [-0.39, 0.29) is 5.41 Å². The first-order valence-corrected chi connectivity index (χ1v) is 4.61. The molecule has 3 nitrogen and oxygen atoms in total. The summed E-state index contributed by atoms with van der Waals surface area (Å²) in [6.45, 7) is 6.69. The number of nitrogens with two attached hydrogens (primary N) is 1. The van der Waals surface area contributed by atoms with Crippen LogP contribution in [-0.4, -0.2) is 23.4 Å². The quantitative estimate of drug-likeness (QED) is 0.641. The van der Waals surface area contributed by atoms with Crippen LogP contribution in [0.4, 0.5) is 0 Å². The molecule has 1 aliphatic rings. The minimum Gasteiger partial charge on any atom is -0.405 e. The lowest BCUT2D eigenvalue weighted by molar-refractivity contribution is -0.157. The van der Waals surface area contributed by atoms with Crippen LogP contribution in [0.15, 0.2) is 12.3 Å². The van der Waals surface area contributed by atoms with E-state index in [4.69, 9.17) is 10.5 Å². The van der Waals surface area contributed by atoms with Crippen LogP contribution in [0, 0.1) is 5.41 Å². The molecule has 0 aromatic rings. The molecule has 0 amide bonds. The maximum atomic E-state index is 9.86. The summed E-state index contributed by atoms with van der Waals surface area (Å²) < 4.78 is 5.62. The fraction of sp³-hybridized carbons (Fsp3) is 0.800. The summed E-state index contributed by atoms with van der Waals surface area (Å²) in [5, 5.41) is 9.86. The van der Waals surface area contributed by atoms with Crippen LogP contribution in [0.2, 0.25) is 0 Å². The molecule has 2 atom stereocenters. The molecule has 0 radical (unpaired) electrons. The third-order valence-corrected chi connectivity index (χ3v) is 2.61. The fourth-order valence-electron chi connectivity index (χ4n) is 1.58. The van der Waals surface area contributed by atoms with E-state index in [2.05, 4.69) is 13.8 Å². The van der Waals surface area contributed by atoms with Crippen LogP contribution >= 0.6 is 0 Å². The molecule has 1 saturated heterocycles. The van der Waals surface area contributed by atoms with Gasteiger partial charge in [-0.3, -0.25) is 0 Å². The van der Waals surface area contributed by atoms with Crippen molar-refractivity contribution in [2.75, 3.05) is 6.61 Å². The highest BCUT2D eigenvalue weighted by Gasteiger charge is 2.41. The zero-order chi connectivity index (χ0) is 10.1. The topological polar surface area (TPSA) is 55.5 Å². The molecule has 2 unspecified atom stereocenters. The Hall–Kier alpha value is -0.540. The van der Waals surface area contributed by atoms with Crippen molar-refractivity contribution in [2.45, 2.75) is 38.9 Å². The minimum atomic E-state index is -0.607. The van der Waals surface area contributed by atoms with Crippen LogP contribution in [-0.2, 0) is 4.74 Å². The van der Waals surface area contributed by atoms with Gasteiger partial charge in [0.1, 0.15) is 5.60 Å². The number of hydrogen-bond acceptors (Lipinski definition) is 3. The van der Waals surface area contributed by atoms with Crippen LogP contribution in [0.25, 0.3) is 0 Å². The smallest absolute Gasteiger partial charge is 0.111 e. The van der Waals surface area contributed by atoms with E-state index in [1.165, 1.54) is 6.20 Å². The van der Waals surface area contributed by atoms with Crippen molar-refractivity contribution in [3.63, 3.8) is 0 Å². The first kappa shape index (κ1) is 10.5. The van der Waals surface area contributed by atoms with Gasteiger partial charge in [0.25, 0.3) is 0 Å². The van der Waals surface area contributed by atoms with Gasteiger partial charge in [-0.25, -0.2) is 0 Å². The maximum Gasteiger partial charge on any atom is 0.111 e. The van der Waals surface area contributed by atoms with E-state index >= 15 is 0 Å². The van der Waals surface area contributed by atoms with Crippen molar-refractivity contribution in [1.82, 2.24) is 0 Å². The summed E-state index contributed by atoms with van der Waals surface area (Å²) in [6, 6.07) is 0. The van der Waals surface area contributed by atoms with Gasteiger partial charge < -0.3 is 15.6 Å². The van der Waals surface area contributed by atoms with Crippen molar-refractivity contribution in [3.8, 4) is 0 Å². The summed E-state index contributed by atoms with van der Waals surface area (Å²) >= 11 is 0. The summed E-state index contributed by atoms with van der Waals surface area (Å²) in [5.74, 6) is 0. The highest BCUT2D eigenvalue weighted by molar-refractivity contribution is 5.05. The predicted molar refractivity (Wildman–Crippen MR) is 52.1 cm³/mol. The van der Waals surface area contributed by atoms with Gasteiger partial charge in [-0.2, -0.15) is 0 Å². The van der Waals surface area contributed by atoms with Gasteiger partial charge >= 0.3 is 0 Å². The fourth-order valence-corrected chi connectivity index (χ4v) is 1.58. The van der Waals surface area contributed by atoms with Crippen LogP contribution in [0.5, 0.6) is 0 Å². The molecule has 1 fully saturated rings. The number of ether oxygens (including phenoxy) is 1. The number of aliphatic hydroxyl groups is 1. The third-order valence-electron chi connectivity index (χ3n) is 2.61. The van der Waals surface area contributed by atoms with E-state index in [0.29, 0.717) is 6.61 Å². The maximum absolute atomic E-state index is 9.86. The molecule has 13 heavy (non-hydrogen) atoms. The Labute approximate surface area is 79.6 Å². The number of aliphatic hydroxyl groups excluding tert-OH is 1. The van der Waals surface area contributed by atoms with E-state index in [1.54, 1.807) is 6.08 Å². The van der Waals surface area contributed by atoms with Gasteiger partial charge in [-0.05, 0) is 31.0 Å². The summed E-state index contributed by atoms with van der Waals surface area (Å²) in [6.07, 6.45) is 3.42. The highest BCUT2D eigenvalue weighted by Crippen LogP contribution is 2.36. The first-order valence-electron chi connectivity index (χ1n) is 4.61. The number of hydrogen-bond donors (Lipinski definition) is 2. The molecule has 0 aromatic carbocycles. The van der Waals surface area contributed by atoms with Crippen molar-refractivity contribution in [3.05, 3.63) is 12.3 Å². The van der Waals surface area contributed by atoms with E-state index in [9.17, 15) is 5.11 Å². The lowest BCUT2D eigenvalue weighted by atomic mass is 9.79. The van der Waals surface area contributed by atoms with E-state index in [0.717, 1.165) is 6.42 Å². The summed E-state index contributed by atoms with van der Waals surface area (Å²) in [7, 11) is 0. The summed E-state index contributed by atoms with van der Waals surface area (Å²) in [5.41, 5.74) is 4.75. The molecule has 3 N–H and O–H groups in total. The van der Waals surface area contributed by atoms with Crippen LogP contribution < -0.4 is 5.73 Å².